The minimum Gasteiger partial charge on any atom is -0.467 e. The summed E-state index contributed by atoms with van der Waals surface area (Å²) in [5.41, 5.74) is 0. The van der Waals surface area contributed by atoms with Crippen LogP contribution < -0.4 is 0 Å². The van der Waals surface area contributed by atoms with E-state index >= 15 is 0 Å². The average Bonchev–Trinajstić information content (AvgIpc) is 2.36. The second-order valence-electron chi connectivity index (χ2n) is 3.58. The van der Waals surface area contributed by atoms with Crippen molar-refractivity contribution in [2.24, 2.45) is 0 Å². The van der Waals surface area contributed by atoms with E-state index in [-0.39, 0.29) is 0 Å². The molecule has 0 aliphatic carbocycles. The summed E-state index contributed by atoms with van der Waals surface area (Å²) >= 11 is 0. The highest BCUT2D eigenvalue weighted by molar-refractivity contribution is 5.75. The van der Waals surface area contributed by atoms with E-state index in [0.29, 0.717) is 0 Å². The van der Waals surface area contributed by atoms with Gasteiger partial charge in [-0.25, -0.2) is 4.79 Å². The molecular weight excluding hydrogens is 232 g/mol. The molecule has 0 radical (unpaired) electrons. The molecule has 1 aliphatic heterocycles. The molecule has 1 fully saturated rings. The largest absolute Gasteiger partial charge is 0.467 e. The molecule has 7 heteroatoms. The topological polar surface area (TPSA) is 83.5 Å². The Bertz CT molecular complexity index is 257. The predicted molar refractivity (Wildman–Crippen MR) is 55.3 cm³/mol. The van der Waals surface area contributed by atoms with Crippen molar-refractivity contribution in [1.29, 1.82) is 0 Å². The molecule has 0 saturated carbocycles. The monoisotopic (exact) mass is 250 g/mol. The van der Waals surface area contributed by atoms with E-state index in [1.807, 2.05) is 0 Å². The van der Waals surface area contributed by atoms with Gasteiger partial charge in [-0.3, -0.25) is 0 Å². The molecule has 0 aromatic rings. The van der Waals surface area contributed by atoms with Crippen molar-refractivity contribution < 1.29 is 33.6 Å². The third kappa shape index (κ3) is 2.75. The first kappa shape index (κ1) is 14.3. The fourth-order valence-electron chi connectivity index (χ4n) is 1.84. The lowest BCUT2D eigenvalue weighted by molar-refractivity contribution is -0.296. The molecule has 0 spiro atoms. The molecule has 1 aliphatic rings. The molecular formula is C10H18O7. The van der Waals surface area contributed by atoms with Gasteiger partial charge in [0.2, 0.25) is 0 Å². The number of esters is 1. The lowest BCUT2D eigenvalue weighted by Gasteiger charge is -2.41. The van der Waals surface area contributed by atoms with E-state index in [1.54, 1.807) is 0 Å². The summed E-state index contributed by atoms with van der Waals surface area (Å²) in [5, 5.41) is 9.96. The lowest BCUT2D eigenvalue weighted by Crippen LogP contribution is -2.61. The minimum atomic E-state index is -1.18. The van der Waals surface area contributed by atoms with E-state index in [1.165, 1.54) is 28.4 Å². The van der Waals surface area contributed by atoms with Gasteiger partial charge >= 0.3 is 5.97 Å². The van der Waals surface area contributed by atoms with Crippen LogP contribution >= 0.6 is 0 Å². The minimum absolute atomic E-state index is 0.624. The number of rotatable bonds is 4. The van der Waals surface area contributed by atoms with Gasteiger partial charge in [-0.05, 0) is 0 Å². The van der Waals surface area contributed by atoms with Crippen molar-refractivity contribution in [2.45, 2.75) is 30.7 Å². The number of aliphatic hydroxyl groups is 1. The van der Waals surface area contributed by atoms with Gasteiger partial charge < -0.3 is 28.8 Å². The third-order valence-electron chi connectivity index (χ3n) is 2.73. The van der Waals surface area contributed by atoms with Crippen LogP contribution in [0.3, 0.4) is 0 Å². The zero-order valence-electron chi connectivity index (χ0n) is 10.3. The summed E-state index contributed by atoms with van der Waals surface area (Å²) in [4.78, 5) is 11.4. The number of carbonyl (C=O) groups is 1. The van der Waals surface area contributed by atoms with Crippen molar-refractivity contribution >= 4 is 5.97 Å². The second kappa shape index (κ2) is 6.27. The van der Waals surface area contributed by atoms with Crippen molar-refractivity contribution in [3.8, 4) is 0 Å². The standard InChI is InChI=1S/C10H18O7/c1-13-6-5(11)7(9(12)15-3)17-10(16-4)8(6)14-2/h5-8,10-11H,1-4H3/t5-,6?,7?,8?,10-/m0/s1. The van der Waals surface area contributed by atoms with Gasteiger partial charge in [-0.1, -0.05) is 0 Å². The summed E-state index contributed by atoms with van der Waals surface area (Å²) in [7, 11) is 5.48. The maximum absolute atomic E-state index is 11.4. The number of aliphatic hydroxyl groups excluding tert-OH is 1. The van der Waals surface area contributed by atoms with Crippen LogP contribution in [0.1, 0.15) is 0 Å². The number of carbonyl (C=O) groups excluding carboxylic acids is 1. The van der Waals surface area contributed by atoms with Crippen LogP contribution in [0.2, 0.25) is 0 Å². The number of hydrogen-bond donors (Lipinski definition) is 1. The van der Waals surface area contributed by atoms with E-state index in [9.17, 15) is 9.90 Å². The summed E-state index contributed by atoms with van der Waals surface area (Å²) < 4.78 is 25.1. The van der Waals surface area contributed by atoms with E-state index in [4.69, 9.17) is 18.9 Å². The highest BCUT2D eigenvalue weighted by Crippen LogP contribution is 2.26. The molecule has 7 nitrogen and oxygen atoms in total. The van der Waals surface area contributed by atoms with Gasteiger partial charge in [-0.15, -0.1) is 0 Å². The summed E-state index contributed by atoms with van der Waals surface area (Å²) in [6.07, 6.45) is -4.49. The Balaban J connectivity index is 2.89. The second-order valence-corrected chi connectivity index (χ2v) is 3.58. The van der Waals surface area contributed by atoms with Crippen molar-refractivity contribution in [2.75, 3.05) is 28.4 Å². The van der Waals surface area contributed by atoms with Crippen LogP contribution in [0.4, 0.5) is 0 Å². The third-order valence-corrected chi connectivity index (χ3v) is 2.73. The summed E-state index contributed by atoms with van der Waals surface area (Å²) in [6, 6.07) is 0. The first-order valence-electron chi connectivity index (χ1n) is 5.10. The molecule has 0 amide bonds. The van der Waals surface area contributed by atoms with E-state index < -0.39 is 36.7 Å². The molecule has 3 unspecified atom stereocenters. The van der Waals surface area contributed by atoms with Crippen LogP contribution in [0.25, 0.3) is 0 Å². The van der Waals surface area contributed by atoms with Gasteiger partial charge in [0.1, 0.15) is 18.3 Å². The molecule has 100 valence electrons. The molecule has 0 aromatic carbocycles. The van der Waals surface area contributed by atoms with Gasteiger partial charge in [0.15, 0.2) is 12.4 Å². The number of hydrogen-bond acceptors (Lipinski definition) is 7. The lowest BCUT2D eigenvalue weighted by atomic mass is 9.98. The first-order valence-corrected chi connectivity index (χ1v) is 5.10. The number of methoxy groups -OCH3 is 4. The summed E-state index contributed by atoms with van der Waals surface area (Å²) in [5.74, 6) is -0.684. The molecule has 0 aromatic heterocycles. The fourth-order valence-corrected chi connectivity index (χ4v) is 1.84. The van der Waals surface area contributed by atoms with Crippen molar-refractivity contribution in [1.82, 2.24) is 0 Å². The van der Waals surface area contributed by atoms with Crippen molar-refractivity contribution in [3.05, 3.63) is 0 Å². The van der Waals surface area contributed by atoms with Crippen LogP contribution in [-0.4, -0.2) is 70.2 Å². The zero-order chi connectivity index (χ0) is 13.0. The van der Waals surface area contributed by atoms with Crippen LogP contribution in [0.5, 0.6) is 0 Å². The maximum Gasteiger partial charge on any atom is 0.337 e. The molecule has 1 rings (SSSR count). The van der Waals surface area contributed by atoms with E-state index in [0.717, 1.165) is 0 Å². The average molecular weight is 250 g/mol. The van der Waals surface area contributed by atoms with Gasteiger partial charge in [0.25, 0.3) is 0 Å². The predicted octanol–water partition coefficient (Wildman–Crippen LogP) is -1.08. The zero-order valence-corrected chi connectivity index (χ0v) is 10.3. The molecule has 17 heavy (non-hydrogen) atoms. The first-order chi connectivity index (χ1) is 8.10. The highest BCUT2D eigenvalue weighted by atomic mass is 16.7. The fraction of sp³-hybridized carbons (Fsp3) is 0.900. The molecule has 1 saturated heterocycles. The summed E-state index contributed by atoms with van der Waals surface area (Å²) in [6.45, 7) is 0. The van der Waals surface area contributed by atoms with Crippen LogP contribution in [0, 0.1) is 0 Å². The number of ether oxygens (including phenoxy) is 5. The SMILES string of the molecule is COC(=O)C1O[C@H](OC)C(OC)C(OC)[C@@H]1O. The Hall–Kier alpha value is -0.730. The van der Waals surface area contributed by atoms with E-state index in [2.05, 4.69) is 4.74 Å². The van der Waals surface area contributed by atoms with Crippen LogP contribution in [0.15, 0.2) is 0 Å². The highest BCUT2D eigenvalue weighted by Gasteiger charge is 2.49. The quantitative estimate of drug-likeness (QED) is 0.635. The Morgan fingerprint density at radius 3 is 2.06 bits per heavy atom. The Labute approximate surface area is 99.5 Å². The molecule has 1 heterocycles. The Morgan fingerprint density at radius 2 is 1.65 bits per heavy atom. The van der Waals surface area contributed by atoms with Crippen molar-refractivity contribution in [3.63, 3.8) is 0 Å². The normalized spacial score (nSPS) is 37.8. The molecule has 5 atom stereocenters. The smallest absolute Gasteiger partial charge is 0.337 e. The van der Waals surface area contributed by atoms with Gasteiger partial charge in [0, 0.05) is 21.3 Å². The Kier molecular flexibility index (Phi) is 5.29. The maximum atomic E-state index is 11.4. The molecule has 1 N–H and O–H groups in total. The Morgan fingerprint density at radius 1 is 1.06 bits per heavy atom. The molecule has 0 bridgehead atoms. The van der Waals surface area contributed by atoms with Gasteiger partial charge in [-0.2, -0.15) is 0 Å². The van der Waals surface area contributed by atoms with Gasteiger partial charge in [0.05, 0.1) is 7.11 Å². The van der Waals surface area contributed by atoms with Crippen LogP contribution in [-0.2, 0) is 28.5 Å².